The zero-order valence-electron chi connectivity index (χ0n) is 9.23. The highest BCUT2D eigenvalue weighted by molar-refractivity contribution is 5.32. The first-order valence-electron chi connectivity index (χ1n) is 5.35. The van der Waals surface area contributed by atoms with Crippen LogP contribution in [0.25, 0.3) is 0 Å². The quantitative estimate of drug-likeness (QED) is 0.822. The molecule has 1 aliphatic heterocycles. The molecule has 2 rings (SSSR count). The second-order valence-corrected chi connectivity index (χ2v) is 3.94. The first kappa shape index (κ1) is 10.8. The largest absolute Gasteiger partial charge is 0.381 e. The zero-order chi connectivity index (χ0) is 11.4. The van der Waals surface area contributed by atoms with Crippen molar-refractivity contribution in [2.45, 2.75) is 13.3 Å². The monoisotopic (exact) mass is 218 g/mol. The van der Waals surface area contributed by atoms with E-state index in [0.29, 0.717) is 17.6 Å². The molecule has 5 nitrogen and oxygen atoms in total. The molecule has 0 aliphatic carbocycles. The van der Waals surface area contributed by atoms with Crippen LogP contribution in [0.1, 0.15) is 17.8 Å². The van der Waals surface area contributed by atoms with Gasteiger partial charge in [0.15, 0.2) is 0 Å². The summed E-state index contributed by atoms with van der Waals surface area (Å²) in [5, 5.41) is 11.9. The Bertz CT molecular complexity index is 407. The lowest BCUT2D eigenvalue weighted by atomic mass is 10.1. The van der Waals surface area contributed by atoms with E-state index in [-0.39, 0.29) is 0 Å². The minimum absolute atomic E-state index is 0.401. The number of aromatic nitrogens is 2. The molecule has 1 saturated heterocycles. The van der Waals surface area contributed by atoms with Gasteiger partial charge < -0.3 is 10.1 Å². The molecular formula is C11H14N4O. The maximum atomic E-state index is 8.78. The highest BCUT2D eigenvalue weighted by Gasteiger charge is 2.15. The Morgan fingerprint density at radius 2 is 2.50 bits per heavy atom. The van der Waals surface area contributed by atoms with Gasteiger partial charge in [-0.3, -0.25) is 0 Å². The minimum Gasteiger partial charge on any atom is -0.381 e. The van der Waals surface area contributed by atoms with Crippen molar-refractivity contribution < 1.29 is 4.74 Å². The average molecular weight is 218 g/mol. The molecular weight excluding hydrogens is 204 g/mol. The highest BCUT2D eigenvalue weighted by atomic mass is 16.5. The highest BCUT2D eigenvalue weighted by Crippen LogP contribution is 2.13. The predicted octanol–water partition coefficient (Wildman–Crippen LogP) is 1.11. The fraction of sp³-hybridized carbons (Fsp3) is 0.545. The van der Waals surface area contributed by atoms with Gasteiger partial charge in [-0.25, -0.2) is 9.97 Å². The lowest BCUT2D eigenvalue weighted by Crippen LogP contribution is -2.16. The molecule has 1 aromatic rings. The number of hydrogen-bond donors (Lipinski definition) is 1. The van der Waals surface area contributed by atoms with Crippen LogP contribution in [0.4, 0.5) is 5.95 Å². The van der Waals surface area contributed by atoms with Gasteiger partial charge in [-0.05, 0) is 19.4 Å². The molecule has 1 aliphatic rings. The Morgan fingerprint density at radius 1 is 1.62 bits per heavy atom. The van der Waals surface area contributed by atoms with Crippen LogP contribution in [0.3, 0.4) is 0 Å². The topological polar surface area (TPSA) is 70.8 Å². The molecule has 1 aromatic heterocycles. The minimum atomic E-state index is 0.401. The summed E-state index contributed by atoms with van der Waals surface area (Å²) in [6, 6.07) is 3.69. The van der Waals surface area contributed by atoms with Crippen LogP contribution in [0, 0.1) is 24.2 Å². The third-order valence-corrected chi connectivity index (χ3v) is 2.54. The Kier molecular flexibility index (Phi) is 3.32. The maximum absolute atomic E-state index is 8.78. The smallest absolute Gasteiger partial charge is 0.224 e. The SMILES string of the molecule is Cc1cc(C#N)nc(NCC2CCOC2)n1. The first-order chi connectivity index (χ1) is 7.78. The van der Waals surface area contributed by atoms with Crippen molar-refractivity contribution in [3.63, 3.8) is 0 Å². The number of hydrogen-bond acceptors (Lipinski definition) is 5. The van der Waals surface area contributed by atoms with Gasteiger partial charge in [-0.15, -0.1) is 0 Å². The van der Waals surface area contributed by atoms with E-state index < -0.39 is 0 Å². The van der Waals surface area contributed by atoms with E-state index in [1.54, 1.807) is 6.07 Å². The van der Waals surface area contributed by atoms with E-state index in [1.807, 2.05) is 13.0 Å². The van der Waals surface area contributed by atoms with Gasteiger partial charge >= 0.3 is 0 Å². The van der Waals surface area contributed by atoms with Crippen LogP contribution in [0.2, 0.25) is 0 Å². The summed E-state index contributed by atoms with van der Waals surface area (Å²) in [4.78, 5) is 8.32. The van der Waals surface area contributed by atoms with Crippen LogP contribution < -0.4 is 5.32 Å². The number of aryl methyl sites for hydroxylation is 1. The third-order valence-electron chi connectivity index (χ3n) is 2.54. The molecule has 1 unspecified atom stereocenters. The number of nitrogens with zero attached hydrogens (tertiary/aromatic N) is 3. The van der Waals surface area contributed by atoms with Crippen LogP contribution in [0.5, 0.6) is 0 Å². The van der Waals surface area contributed by atoms with Gasteiger partial charge in [0, 0.05) is 24.8 Å². The summed E-state index contributed by atoms with van der Waals surface area (Å²) in [5.74, 6) is 1.05. The van der Waals surface area contributed by atoms with E-state index in [1.165, 1.54) is 0 Å². The molecule has 0 bridgehead atoms. The molecule has 1 fully saturated rings. The van der Waals surface area contributed by atoms with Crippen molar-refractivity contribution in [2.75, 3.05) is 25.1 Å². The zero-order valence-corrected chi connectivity index (χ0v) is 9.23. The predicted molar refractivity (Wildman–Crippen MR) is 58.9 cm³/mol. The second-order valence-electron chi connectivity index (χ2n) is 3.94. The molecule has 1 N–H and O–H groups in total. The summed E-state index contributed by atoms with van der Waals surface area (Å²) >= 11 is 0. The van der Waals surface area contributed by atoms with Crippen molar-refractivity contribution in [3.8, 4) is 6.07 Å². The number of rotatable bonds is 3. The standard InChI is InChI=1S/C11H14N4O/c1-8-4-10(5-12)15-11(14-8)13-6-9-2-3-16-7-9/h4,9H,2-3,6-7H2,1H3,(H,13,14,15). The van der Waals surface area contributed by atoms with Gasteiger partial charge in [-0.2, -0.15) is 5.26 Å². The molecule has 0 spiro atoms. The molecule has 0 radical (unpaired) electrons. The summed E-state index contributed by atoms with van der Waals surface area (Å²) in [7, 11) is 0. The van der Waals surface area contributed by atoms with Gasteiger partial charge in [-0.1, -0.05) is 0 Å². The third kappa shape index (κ3) is 2.67. The van der Waals surface area contributed by atoms with Crippen molar-refractivity contribution in [1.29, 1.82) is 5.26 Å². The number of anilines is 1. The Hall–Kier alpha value is -1.67. The van der Waals surface area contributed by atoms with E-state index >= 15 is 0 Å². The van der Waals surface area contributed by atoms with Crippen LogP contribution >= 0.6 is 0 Å². The fourth-order valence-corrected chi connectivity index (χ4v) is 1.68. The van der Waals surface area contributed by atoms with Gasteiger partial charge in [0.2, 0.25) is 5.95 Å². The van der Waals surface area contributed by atoms with Crippen LogP contribution in [-0.4, -0.2) is 29.7 Å². The van der Waals surface area contributed by atoms with E-state index in [0.717, 1.165) is 31.9 Å². The molecule has 2 heterocycles. The van der Waals surface area contributed by atoms with E-state index in [2.05, 4.69) is 15.3 Å². The fourth-order valence-electron chi connectivity index (χ4n) is 1.68. The summed E-state index contributed by atoms with van der Waals surface area (Å²) < 4.78 is 5.28. The van der Waals surface area contributed by atoms with Crippen molar-refractivity contribution in [2.24, 2.45) is 5.92 Å². The van der Waals surface area contributed by atoms with Crippen LogP contribution in [-0.2, 0) is 4.74 Å². The summed E-state index contributed by atoms with van der Waals surface area (Å²) in [6.45, 7) is 4.29. The maximum Gasteiger partial charge on any atom is 0.224 e. The molecule has 1 atom stereocenters. The molecule has 0 amide bonds. The molecule has 0 aromatic carbocycles. The van der Waals surface area contributed by atoms with Gasteiger partial charge in [0.1, 0.15) is 11.8 Å². The average Bonchev–Trinajstić information content (AvgIpc) is 2.78. The molecule has 16 heavy (non-hydrogen) atoms. The second kappa shape index (κ2) is 4.90. The molecule has 5 heteroatoms. The van der Waals surface area contributed by atoms with Crippen LogP contribution in [0.15, 0.2) is 6.07 Å². The Morgan fingerprint density at radius 3 is 3.19 bits per heavy atom. The van der Waals surface area contributed by atoms with E-state index in [4.69, 9.17) is 10.00 Å². The lowest BCUT2D eigenvalue weighted by molar-refractivity contribution is 0.187. The summed E-state index contributed by atoms with van der Waals surface area (Å²) in [5.41, 5.74) is 1.20. The number of ether oxygens (including phenoxy) is 1. The number of nitriles is 1. The first-order valence-corrected chi connectivity index (χ1v) is 5.35. The lowest BCUT2D eigenvalue weighted by Gasteiger charge is -2.09. The van der Waals surface area contributed by atoms with Crippen molar-refractivity contribution in [3.05, 3.63) is 17.5 Å². The van der Waals surface area contributed by atoms with Gasteiger partial charge in [0.05, 0.1) is 6.61 Å². The molecule has 0 saturated carbocycles. The Balaban J connectivity index is 1.98. The normalized spacial score (nSPS) is 19.4. The number of nitrogens with one attached hydrogen (secondary N) is 1. The van der Waals surface area contributed by atoms with Crippen molar-refractivity contribution in [1.82, 2.24) is 9.97 Å². The van der Waals surface area contributed by atoms with Crippen molar-refractivity contribution >= 4 is 5.95 Å². The van der Waals surface area contributed by atoms with Gasteiger partial charge in [0.25, 0.3) is 0 Å². The molecule has 84 valence electrons. The summed E-state index contributed by atoms with van der Waals surface area (Å²) in [6.07, 6.45) is 1.07. The van der Waals surface area contributed by atoms with E-state index in [9.17, 15) is 0 Å². The Labute approximate surface area is 94.5 Å².